The molecule has 4 aromatic heterocycles. The van der Waals surface area contributed by atoms with Gasteiger partial charge in [-0.1, -0.05) is 19.8 Å². The molecular formula is C20H21N9S. The molecule has 1 saturated carbocycles. The number of nitrogens with zero attached hydrogens (tertiary/aromatic N) is 8. The molecule has 1 aliphatic heterocycles. The van der Waals surface area contributed by atoms with E-state index in [-0.39, 0.29) is 6.04 Å². The molecule has 5 heterocycles. The first kappa shape index (κ1) is 17.7. The summed E-state index contributed by atoms with van der Waals surface area (Å²) in [5, 5.41) is 17.9. The fraction of sp³-hybridized carbons (Fsp3) is 0.400. The Morgan fingerprint density at radius 1 is 1.20 bits per heavy atom. The molecule has 30 heavy (non-hydrogen) atoms. The summed E-state index contributed by atoms with van der Waals surface area (Å²) in [6.45, 7) is 2.20. The number of thiazole rings is 1. The maximum atomic E-state index is 5.08. The highest BCUT2D eigenvalue weighted by Crippen LogP contribution is 2.43. The van der Waals surface area contributed by atoms with E-state index in [2.05, 4.69) is 37.2 Å². The highest BCUT2D eigenvalue weighted by atomic mass is 32.1. The maximum absolute atomic E-state index is 5.08. The van der Waals surface area contributed by atoms with Crippen molar-refractivity contribution in [2.75, 3.05) is 4.90 Å². The molecule has 0 aromatic carbocycles. The summed E-state index contributed by atoms with van der Waals surface area (Å²) < 4.78 is 2.04. The molecule has 2 aliphatic rings. The molecule has 0 saturated heterocycles. The van der Waals surface area contributed by atoms with E-state index in [1.807, 2.05) is 21.7 Å². The molecule has 0 radical (unpaired) electrons. The van der Waals surface area contributed by atoms with Gasteiger partial charge in [0.2, 0.25) is 0 Å². The van der Waals surface area contributed by atoms with Gasteiger partial charge in [-0.15, -0.1) is 21.5 Å². The van der Waals surface area contributed by atoms with Gasteiger partial charge in [0.1, 0.15) is 12.0 Å². The van der Waals surface area contributed by atoms with Crippen LogP contribution in [-0.4, -0.2) is 46.0 Å². The predicted molar refractivity (Wildman–Crippen MR) is 113 cm³/mol. The third kappa shape index (κ3) is 2.59. The van der Waals surface area contributed by atoms with Crippen LogP contribution in [-0.2, 0) is 0 Å². The van der Waals surface area contributed by atoms with Crippen LogP contribution in [0.2, 0.25) is 0 Å². The number of hydrogen-bond acceptors (Lipinski definition) is 8. The van der Waals surface area contributed by atoms with E-state index in [9.17, 15) is 0 Å². The van der Waals surface area contributed by atoms with Crippen LogP contribution >= 0.6 is 11.3 Å². The zero-order chi connectivity index (χ0) is 20.1. The monoisotopic (exact) mass is 419 g/mol. The summed E-state index contributed by atoms with van der Waals surface area (Å²) in [5.74, 6) is 2.58. The van der Waals surface area contributed by atoms with Gasteiger partial charge < -0.3 is 4.90 Å². The van der Waals surface area contributed by atoms with Crippen molar-refractivity contribution in [1.29, 1.82) is 0 Å². The van der Waals surface area contributed by atoms with Gasteiger partial charge in [0.15, 0.2) is 17.5 Å². The Kier molecular flexibility index (Phi) is 4.12. The molecule has 1 fully saturated rings. The number of hydrogen-bond donors (Lipinski definition) is 1. The lowest BCUT2D eigenvalue weighted by Crippen LogP contribution is -2.42. The maximum Gasteiger partial charge on any atom is 0.165 e. The number of aromatic nitrogens is 8. The number of aromatic amines is 1. The highest BCUT2D eigenvalue weighted by molar-refractivity contribution is 7.07. The van der Waals surface area contributed by atoms with Gasteiger partial charge in [-0.3, -0.25) is 9.67 Å². The molecule has 1 atom stereocenters. The van der Waals surface area contributed by atoms with Gasteiger partial charge in [-0.05, 0) is 19.3 Å². The van der Waals surface area contributed by atoms with Crippen molar-refractivity contribution in [1.82, 2.24) is 39.9 Å². The highest BCUT2D eigenvalue weighted by Gasteiger charge is 2.38. The van der Waals surface area contributed by atoms with Crippen molar-refractivity contribution in [2.45, 2.75) is 51.1 Å². The van der Waals surface area contributed by atoms with Crippen LogP contribution in [0.5, 0.6) is 0 Å². The third-order valence-electron chi connectivity index (χ3n) is 6.14. The summed E-state index contributed by atoms with van der Waals surface area (Å²) in [4.78, 5) is 16.7. The van der Waals surface area contributed by atoms with E-state index in [1.54, 1.807) is 23.9 Å². The standard InChI is InChI=1S/C20H21N9S/c1-2-15-20-27-24-10-28(20)16-8-21-18(25-19(16)29(15)12-5-3-4-6-12)13-7-23-26-17(13)14-9-30-11-22-14/h7-12,15H,2-6H2,1H3,(H,23,26). The largest absolute Gasteiger partial charge is 0.342 e. The molecule has 4 aromatic rings. The van der Waals surface area contributed by atoms with Crippen molar-refractivity contribution in [2.24, 2.45) is 0 Å². The van der Waals surface area contributed by atoms with Crippen LogP contribution in [0.3, 0.4) is 0 Å². The zero-order valence-corrected chi connectivity index (χ0v) is 17.4. The number of nitrogens with one attached hydrogen (secondary N) is 1. The van der Waals surface area contributed by atoms with E-state index < -0.39 is 0 Å². The van der Waals surface area contributed by atoms with Gasteiger partial charge in [-0.25, -0.2) is 15.0 Å². The average molecular weight is 420 g/mol. The molecule has 1 unspecified atom stereocenters. The second-order valence-corrected chi connectivity index (χ2v) is 8.48. The average Bonchev–Trinajstić information content (AvgIpc) is 3.57. The summed E-state index contributed by atoms with van der Waals surface area (Å²) in [5.41, 5.74) is 5.31. The first-order valence-corrected chi connectivity index (χ1v) is 11.3. The zero-order valence-electron chi connectivity index (χ0n) is 16.6. The van der Waals surface area contributed by atoms with Crippen LogP contribution in [0, 0.1) is 0 Å². The van der Waals surface area contributed by atoms with Gasteiger partial charge in [0.25, 0.3) is 0 Å². The van der Waals surface area contributed by atoms with Crippen LogP contribution in [0.15, 0.2) is 29.6 Å². The smallest absolute Gasteiger partial charge is 0.165 e. The summed E-state index contributed by atoms with van der Waals surface area (Å²) >= 11 is 1.55. The van der Waals surface area contributed by atoms with Crippen molar-refractivity contribution in [3.05, 3.63) is 35.4 Å². The minimum absolute atomic E-state index is 0.160. The number of fused-ring (bicyclic) bond motifs is 3. The van der Waals surface area contributed by atoms with Crippen molar-refractivity contribution in [3.8, 4) is 28.5 Å². The topological polar surface area (TPSA) is 101 Å². The number of H-pyrrole nitrogens is 1. The Morgan fingerprint density at radius 3 is 2.90 bits per heavy atom. The molecule has 0 bridgehead atoms. The lowest BCUT2D eigenvalue weighted by molar-refractivity contribution is 0.469. The summed E-state index contributed by atoms with van der Waals surface area (Å²) in [6, 6.07) is 0.623. The molecule has 0 spiro atoms. The Balaban J connectivity index is 1.52. The van der Waals surface area contributed by atoms with Gasteiger partial charge >= 0.3 is 0 Å². The summed E-state index contributed by atoms with van der Waals surface area (Å²) in [6.07, 6.45) is 11.3. The normalized spacial score (nSPS) is 18.6. The Morgan fingerprint density at radius 2 is 2.10 bits per heavy atom. The van der Waals surface area contributed by atoms with Gasteiger partial charge in [0.05, 0.1) is 40.9 Å². The fourth-order valence-corrected chi connectivity index (χ4v) is 5.30. The van der Waals surface area contributed by atoms with Crippen LogP contribution < -0.4 is 4.90 Å². The van der Waals surface area contributed by atoms with Gasteiger partial charge in [-0.2, -0.15) is 5.10 Å². The Hall–Kier alpha value is -3.14. The molecule has 0 amide bonds. The minimum Gasteiger partial charge on any atom is -0.342 e. The lowest BCUT2D eigenvalue weighted by Gasteiger charge is -2.40. The molecule has 6 rings (SSSR count). The quantitative estimate of drug-likeness (QED) is 0.537. The summed E-state index contributed by atoms with van der Waals surface area (Å²) in [7, 11) is 0. The molecule has 1 aliphatic carbocycles. The van der Waals surface area contributed by atoms with Crippen LogP contribution in [0.1, 0.15) is 50.9 Å². The minimum atomic E-state index is 0.160. The number of anilines is 1. The second-order valence-electron chi connectivity index (χ2n) is 7.76. The Bertz CT molecular complexity index is 1170. The fourth-order valence-electron chi connectivity index (χ4n) is 4.76. The Labute approximate surface area is 177 Å². The van der Waals surface area contributed by atoms with E-state index in [1.165, 1.54) is 25.7 Å². The van der Waals surface area contributed by atoms with E-state index in [4.69, 9.17) is 9.97 Å². The van der Waals surface area contributed by atoms with Crippen molar-refractivity contribution < 1.29 is 0 Å². The predicted octanol–water partition coefficient (Wildman–Crippen LogP) is 3.78. The van der Waals surface area contributed by atoms with E-state index >= 15 is 0 Å². The van der Waals surface area contributed by atoms with Crippen LogP contribution in [0.4, 0.5) is 5.82 Å². The number of rotatable bonds is 4. The van der Waals surface area contributed by atoms with E-state index in [0.717, 1.165) is 40.7 Å². The lowest BCUT2D eigenvalue weighted by atomic mass is 10.0. The van der Waals surface area contributed by atoms with Gasteiger partial charge in [0, 0.05) is 11.4 Å². The molecule has 1 N–H and O–H groups in total. The van der Waals surface area contributed by atoms with Crippen LogP contribution in [0.25, 0.3) is 28.5 Å². The SMILES string of the molecule is CCC1c2nncn2-c2cnc(-c3cn[nH]c3-c3cscn3)nc2N1C1CCCC1. The first-order valence-electron chi connectivity index (χ1n) is 10.3. The molecule has 10 heteroatoms. The molecule has 152 valence electrons. The molecular weight excluding hydrogens is 398 g/mol. The van der Waals surface area contributed by atoms with Crippen molar-refractivity contribution >= 4 is 17.2 Å². The van der Waals surface area contributed by atoms with E-state index in [0.29, 0.717) is 11.9 Å². The third-order valence-corrected chi connectivity index (χ3v) is 6.72. The van der Waals surface area contributed by atoms with Crippen molar-refractivity contribution in [3.63, 3.8) is 0 Å². The first-order chi connectivity index (χ1) is 14.8. The second kappa shape index (κ2) is 6.98. The molecule has 9 nitrogen and oxygen atoms in total.